The molecule has 0 saturated heterocycles. The second-order valence-corrected chi connectivity index (χ2v) is 8.27. The molecular weight excluding hydrogens is 414 g/mol. The standard InChI is InChI=1S/C23H23N3O4S/c1-4-13-26-22(20-14-29-18-7-5-6-8-19(18)30-20)24-25-23(26)31-15(2)21(27)16-9-11-17(28-3)12-10-16/h4-12,15,20H,1,13-14H2,2-3H3/t15-,20+/m1/s1. The average molecular weight is 438 g/mol. The van der Waals surface area contributed by atoms with Crippen molar-refractivity contribution in [3.8, 4) is 17.2 Å². The van der Waals surface area contributed by atoms with Gasteiger partial charge in [0.15, 0.2) is 34.4 Å². The topological polar surface area (TPSA) is 75.5 Å². The number of Topliss-reactive ketones (excluding diaryl/α,β-unsaturated/α-hetero) is 1. The highest BCUT2D eigenvalue weighted by molar-refractivity contribution is 8.00. The van der Waals surface area contributed by atoms with Crippen LogP contribution in [0.5, 0.6) is 17.2 Å². The Balaban J connectivity index is 1.53. The lowest BCUT2D eigenvalue weighted by atomic mass is 10.1. The summed E-state index contributed by atoms with van der Waals surface area (Å²) in [7, 11) is 1.60. The van der Waals surface area contributed by atoms with E-state index in [1.807, 2.05) is 35.8 Å². The summed E-state index contributed by atoms with van der Waals surface area (Å²) in [6.45, 7) is 6.53. The second-order valence-electron chi connectivity index (χ2n) is 6.96. The van der Waals surface area contributed by atoms with Crippen LogP contribution in [-0.2, 0) is 6.54 Å². The molecule has 0 bridgehead atoms. The van der Waals surface area contributed by atoms with Crippen molar-refractivity contribution in [1.29, 1.82) is 0 Å². The summed E-state index contributed by atoms with van der Waals surface area (Å²) < 4.78 is 19.0. The van der Waals surface area contributed by atoms with E-state index < -0.39 is 6.10 Å². The van der Waals surface area contributed by atoms with Gasteiger partial charge in [0, 0.05) is 12.1 Å². The van der Waals surface area contributed by atoms with Gasteiger partial charge in [0.25, 0.3) is 0 Å². The first-order chi connectivity index (χ1) is 15.1. The molecule has 0 radical (unpaired) electrons. The highest BCUT2D eigenvalue weighted by Gasteiger charge is 2.29. The Morgan fingerprint density at radius 3 is 2.71 bits per heavy atom. The van der Waals surface area contributed by atoms with Crippen molar-refractivity contribution in [2.45, 2.75) is 30.0 Å². The molecule has 2 heterocycles. The molecule has 0 unspecified atom stereocenters. The van der Waals surface area contributed by atoms with Gasteiger partial charge in [0.1, 0.15) is 12.4 Å². The van der Waals surface area contributed by atoms with Crippen LogP contribution in [-0.4, -0.2) is 39.5 Å². The van der Waals surface area contributed by atoms with Gasteiger partial charge in [-0.1, -0.05) is 30.0 Å². The lowest BCUT2D eigenvalue weighted by Gasteiger charge is -2.26. The lowest BCUT2D eigenvalue weighted by Crippen LogP contribution is -2.25. The van der Waals surface area contributed by atoms with Gasteiger partial charge >= 0.3 is 0 Å². The van der Waals surface area contributed by atoms with E-state index in [1.165, 1.54) is 11.8 Å². The number of aromatic nitrogens is 3. The Labute approximate surface area is 185 Å². The summed E-state index contributed by atoms with van der Waals surface area (Å²) in [5.41, 5.74) is 0.622. The number of benzene rings is 2. The summed E-state index contributed by atoms with van der Waals surface area (Å²) in [6, 6.07) is 14.6. The van der Waals surface area contributed by atoms with E-state index in [0.717, 1.165) is 0 Å². The van der Waals surface area contributed by atoms with Gasteiger partial charge in [-0.25, -0.2) is 0 Å². The van der Waals surface area contributed by atoms with Gasteiger partial charge in [-0.15, -0.1) is 16.8 Å². The van der Waals surface area contributed by atoms with E-state index in [0.29, 0.717) is 46.9 Å². The predicted octanol–water partition coefficient (Wildman–Crippen LogP) is 4.35. The van der Waals surface area contributed by atoms with Gasteiger partial charge in [-0.2, -0.15) is 0 Å². The fraction of sp³-hybridized carbons (Fsp3) is 0.261. The maximum atomic E-state index is 12.9. The monoisotopic (exact) mass is 437 g/mol. The van der Waals surface area contributed by atoms with Crippen molar-refractivity contribution >= 4 is 17.5 Å². The zero-order valence-electron chi connectivity index (χ0n) is 17.4. The first-order valence-corrected chi connectivity index (χ1v) is 10.8. The number of methoxy groups -OCH3 is 1. The molecule has 7 nitrogen and oxygen atoms in total. The van der Waals surface area contributed by atoms with Crippen LogP contribution in [0.2, 0.25) is 0 Å². The first-order valence-electron chi connectivity index (χ1n) is 9.88. The summed E-state index contributed by atoms with van der Waals surface area (Å²) in [6.07, 6.45) is 1.37. The number of allylic oxidation sites excluding steroid dienone is 1. The Kier molecular flexibility index (Phi) is 6.27. The molecule has 0 fully saturated rings. The molecule has 160 valence electrons. The van der Waals surface area contributed by atoms with Gasteiger partial charge < -0.3 is 14.2 Å². The van der Waals surface area contributed by atoms with E-state index in [-0.39, 0.29) is 11.0 Å². The highest BCUT2D eigenvalue weighted by Crippen LogP contribution is 2.36. The number of hydrogen-bond acceptors (Lipinski definition) is 7. The fourth-order valence-electron chi connectivity index (χ4n) is 3.27. The normalized spacial score (nSPS) is 15.9. The number of rotatable bonds is 8. The van der Waals surface area contributed by atoms with Gasteiger partial charge in [0.2, 0.25) is 0 Å². The fourth-order valence-corrected chi connectivity index (χ4v) is 4.22. The van der Waals surface area contributed by atoms with Crippen molar-refractivity contribution < 1.29 is 19.0 Å². The van der Waals surface area contributed by atoms with Gasteiger partial charge in [0.05, 0.1) is 12.4 Å². The van der Waals surface area contributed by atoms with Gasteiger partial charge in [-0.3, -0.25) is 9.36 Å². The molecule has 1 aliphatic rings. The van der Waals surface area contributed by atoms with Crippen molar-refractivity contribution in [2.24, 2.45) is 0 Å². The quantitative estimate of drug-likeness (QED) is 0.295. The number of nitrogens with zero attached hydrogens (tertiary/aromatic N) is 3. The summed E-state index contributed by atoms with van der Waals surface area (Å²) >= 11 is 1.36. The molecule has 0 spiro atoms. The number of ether oxygens (including phenoxy) is 3. The van der Waals surface area contributed by atoms with Crippen molar-refractivity contribution in [2.75, 3.05) is 13.7 Å². The average Bonchev–Trinajstić information content (AvgIpc) is 3.20. The van der Waals surface area contributed by atoms with Crippen LogP contribution in [0.4, 0.5) is 0 Å². The largest absolute Gasteiger partial charge is 0.497 e. The summed E-state index contributed by atoms with van der Waals surface area (Å²) in [5, 5.41) is 8.96. The van der Waals surface area contributed by atoms with Crippen LogP contribution in [0.3, 0.4) is 0 Å². The highest BCUT2D eigenvalue weighted by atomic mass is 32.2. The van der Waals surface area contributed by atoms with E-state index in [1.54, 1.807) is 37.5 Å². The Hall–Kier alpha value is -3.26. The third-order valence-electron chi connectivity index (χ3n) is 4.88. The minimum atomic E-state index is -0.399. The van der Waals surface area contributed by atoms with Gasteiger partial charge in [-0.05, 0) is 43.3 Å². The molecule has 2 aromatic carbocycles. The number of thioether (sulfide) groups is 1. The van der Waals surface area contributed by atoms with E-state index in [9.17, 15) is 4.79 Å². The summed E-state index contributed by atoms with van der Waals surface area (Å²) in [5.74, 6) is 2.74. The van der Waals surface area contributed by atoms with E-state index in [2.05, 4.69) is 16.8 Å². The predicted molar refractivity (Wildman–Crippen MR) is 118 cm³/mol. The smallest absolute Gasteiger partial charge is 0.192 e. The Bertz CT molecular complexity index is 1080. The van der Waals surface area contributed by atoms with Crippen molar-refractivity contribution in [3.05, 3.63) is 72.6 Å². The maximum absolute atomic E-state index is 12.9. The van der Waals surface area contributed by atoms with E-state index in [4.69, 9.17) is 14.2 Å². The van der Waals surface area contributed by atoms with Crippen molar-refractivity contribution in [1.82, 2.24) is 14.8 Å². The van der Waals surface area contributed by atoms with Crippen LogP contribution >= 0.6 is 11.8 Å². The molecule has 0 aliphatic carbocycles. The second kappa shape index (κ2) is 9.26. The van der Waals surface area contributed by atoms with Crippen molar-refractivity contribution in [3.63, 3.8) is 0 Å². The number of hydrogen-bond donors (Lipinski definition) is 0. The molecular formula is C23H23N3O4S. The third kappa shape index (κ3) is 4.44. The zero-order chi connectivity index (χ0) is 21.8. The number of fused-ring (bicyclic) bond motifs is 1. The Morgan fingerprint density at radius 1 is 1.26 bits per heavy atom. The lowest BCUT2D eigenvalue weighted by molar-refractivity contribution is 0.0821. The molecule has 1 aliphatic heterocycles. The Morgan fingerprint density at radius 2 is 2.00 bits per heavy atom. The maximum Gasteiger partial charge on any atom is 0.192 e. The van der Waals surface area contributed by atoms with Crippen LogP contribution in [0, 0.1) is 0 Å². The zero-order valence-corrected chi connectivity index (χ0v) is 18.2. The van der Waals surface area contributed by atoms with Crippen LogP contribution in [0.15, 0.2) is 66.3 Å². The molecule has 31 heavy (non-hydrogen) atoms. The number of carbonyl (C=O) groups excluding carboxylic acids is 1. The number of ketones is 1. The number of para-hydroxylation sites is 2. The minimum absolute atomic E-state index is 0.00790. The first kappa shape index (κ1) is 21.0. The molecule has 3 aromatic rings. The molecule has 2 atom stereocenters. The third-order valence-corrected chi connectivity index (χ3v) is 5.96. The molecule has 1 aromatic heterocycles. The summed E-state index contributed by atoms with van der Waals surface area (Å²) in [4.78, 5) is 12.9. The molecule has 4 rings (SSSR count). The van der Waals surface area contributed by atoms with Crippen LogP contribution in [0.25, 0.3) is 0 Å². The van der Waals surface area contributed by atoms with E-state index >= 15 is 0 Å². The van der Waals surface area contributed by atoms with Crippen LogP contribution in [0.1, 0.15) is 29.2 Å². The molecule has 0 N–H and O–H groups in total. The minimum Gasteiger partial charge on any atom is -0.497 e. The molecule has 0 amide bonds. The molecule has 8 heteroatoms. The molecule has 0 saturated carbocycles. The SMILES string of the molecule is C=CCn1c(S[C@H](C)C(=O)c2ccc(OC)cc2)nnc1[C@@H]1COc2ccccc2O1. The number of carbonyl (C=O) groups is 1. The van der Waals surface area contributed by atoms with Crippen LogP contribution < -0.4 is 14.2 Å².